The number of nitrogens with one attached hydrogen (secondary N) is 1. The van der Waals surface area contributed by atoms with Crippen LogP contribution in [0.4, 0.5) is 9.59 Å². The van der Waals surface area contributed by atoms with Crippen molar-refractivity contribution in [2.75, 3.05) is 13.2 Å². The van der Waals surface area contributed by atoms with Crippen LogP contribution in [0.2, 0.25) is 0 Å². The van der Waals surface area contributed by atoms with Crippen LogP contribution in [0.25, 0.3) is 0 Å². The molecule has 0 aliphatic carbocycles. The first-order valence-electron chi connectivity index (χ1n) is 5.81. The lowest BCUT2D eigenvalue weighted by molar-refractivity contribution is -0.0482. The van der Waals surface area contributed by atoms with E-state index in [9.17, 15) is 9.59 Å². The Balaban J connectivity index is 2.18. The molecule has 0 unspecified atom stereocenters. The van der Waals surface area contributed by atoms with E-state index >= 15 is 0 Å². The van der Waals surface area contributed by atoms with E-state index in [-0.39, 0.29) is 6.10 Å². The Labute approximate surface area is 106 Å². The maximum atomic E-state index is 11.2. The molecule has 1 aliphatic rings. The van der Waals surface area contributed by atoms with Crippen molar-refractivity contribution >= 4 is 12.2 Å². The molecule has 1 heterocycles. The van der Waals surface area contributed by atoms with Gasteiger partial charge in [0, 0.05) is 12.8 Å². The SMILES string of the molecule is CC(C)(C)OC(=O)NOC(=O)OC1CCOCC1. The summed E-state index contributed by atoms with van der Waals surface area (Å²) in [7, 11) is 0. The predicted molar refractivity (Wildman–Crippen MR) is 60.8 cm³/mol. The molecule has 0 atom stereocenters. The van der Waals surface area contributed by atoms with Gasteiger partial charge in [-0.25, -0.2) is 9.59 Å². The summed E-state index contributed by atoms with van der Waals surface area (Å²) in [5.41, 5.74) is 1.21. The third kappa shape index (κ3) is 6.29. The number of hydrogen-bond acceptors (Lipinski definition) is 6. The maximum Gasteiger partial charge on any atom is 0.533 e. The first-order valence-corrected chi connectivity index (χ1v) is 5.81. The zero-order valence-corrected chi connectivity index (χ0v) is 10.9. The average molecular weight is 261 g/mol. The van der Waals surface area contributed by atoms with E-state index in [0.717, 1.165) is 0 Å². The summed E-state index contributed by atoms with van der Waals surface area (Å²) < 4.78 is 14.9. The Morgan fingerprint density at radius 3 is 2.39 bits per heavy atom. The topological polar surface area (TPSA) is 83.1 Å². The fourth-order valence-corrected chi connectivity index (χ4v) is 1.34. The molecule has 18 heavy (non-hydrogen) atoms. The predicted octanol–water partition coefficient (Wildman–Crippen LogP) is 1.76. The van der Waals surface area contributed by atoms with Crippen LogP contribution in [0.1, 0.15) is 33.6 Å². The van der Waals surface area contributed by atoms with Gasteiger partial charge in [0.2, 0.25) is 0 Å². The Morgan fingerprint density at radius 1 is 1.22 bits per heavy atom. The van der Waals surface area contributed by atoms with Crippen LogP contribution in [0, 0.1) is 0 Å². The van der Waals surface area contributed by atoms with Crippen LogP contribution in [0.5, 0.6) is 0 Å². The normalized spacial score (nSPS) is 16.8. The molecule has 1 rings (SSSR count). The van der Waals surface area contributed by atoms with Gasteiger partial charge >= 0.3 is 12.2 Å². The molecule has 0 aromatic carbocycles. The van der Waals surface area contributed by atoms with Gasteiger partial charge in [0.05, 0.1) is 13.2 Å². The lowest BCUT2D eigenvalue weighted by Gasteiger charge is -2.22. The van der Waals surface area contributed by atoms with Crippen molar-refractivity contribution in [2.24, 2.45) is 0 Å². The number of ether oxygens (including phenoxy) is 3. The molecule has 1 aliphatic heterocycles. The fourth-order valence-electron chi connectivity index (χ4n) is 1.34. The van der Waals surface area contributed by atoms with Crippen LogP contribution in [-0.2, 0) is 19.0 Å². The van der Waals surface area contributed by atoms with Crippen molar-refractivity contribution < 1.29 is 28.6 Å². The summed E-state index contributed by atoms with van der Waals surface area (Å²) >= 11 is 0. The monoisotopic (exact) mass is 261 g/mol. The molecule has 7 nitrogen and oxygen atoms in total. The molecule has 0 aromatic rings. The van der Waals surface area contributed by atoms with Gasteiger partial charge in [-0.2, -0.15) is 0 Å². The molecule has 1 fully saturated rings. The molecule has 0 saturated carbocycles. The van der Waals surface area contributed by atoms with Gasteiger partial charge in [-0.15, -0.1) is 5.48 Å². The Hall–Kier alpha value is -1.50. The van der Waals surface area contributed by atoms with E-state index in [1.807, 2.05) is 5.48 Å². The van der Waals surface area contributed by atoms with Gasteiger partial charge in [0.15, 0.2) is 0 Å². The second kappa shape index (κ2) is 6.44. The standard InChI is InChI=1S/C11H19NO6/c1-11(2,3)17-9(13)12-18-10(14)16-8-4-6-15-7-5-8/h8H,4-7H2,1-3H3,(H,12,13). The number of carbonyl (C=O) groups is 2. The van der Waals surface area contributed by atoms with Crippen LogP contribution in [0.15, 0.2) is 0 Å². The molecule has 0 radical (unpaired) electrons. The second-order valence-electron chi connectivity index (χ2n) is 4.89. The van der Waals surface area contributed by atoms with Crippen molar-refractivity contribution in [3.8, 4) is 0 Å². The highest BCUT2D eigenvalue weighted by Crippen LogP contribution is 2.11. The molecule has 1 N–H and O–H groups in total. The third-order valence-electron chi connectivity index (χ3n) is 2.05. The van der Waals surface area contributed by atoms with Gasteiger partial charge in [0.1, 0.15) is 11.7 Å². The lowest BCUT2D eigenvalue weighted by Crippen LogP contribution is -2.35. The van der Waals surface area contributed by atoms with Crippen molar-refractivity contribution in [2.45, 2.75) is 45.3 Å². The first-order chi connectivity index (χ1) is 8.37. The highest BCUT2D eigenvalue weighted by molar-refractivity contribution is 5.69. The molecule has 0 aromatic heterocycles. The molecular formula is C11H19NO6. The number of carbonyl (C=O) groups excluding carboxylic acids is 2. The average Bonchev–Trinajstić information content (AvgIpc) is 2.25. The molecular weight excluding hydrogens is 242 g/mol. The summed E-state index contributed by atoms with van der Waals surface area (Å²) in [5, 5.41) is 0. The molecule has 1 saturated heterocycles. The maximum absolute atomic E-state index is 11.2. The minimum Gasteiger partial charge on any atom is -0.442 e. The number of rotatable bonds is 1. The molecule has 0 bridgehead atoms. The summed E-state index contributed by atoms with van der Waals surface area (Å²) in [6, 6.07) is 0. The second-order valence-corrected chi connectivity index (χ2v) is 4.89. The van der Waals surface area contributed by atoms with Crippen LogP contribution >= 0.6 is 0 Å². The minimum atomic E-state index is -0.951. The Bertz CT molecular complexity index is 292. The van der Waals surface area contributed by atoms with E-state index < -0.39 is 17.8 Å². The summed E-state index contributed by atoms with van der Waals surface area (Å²) in [4.78, 5) is 26.8. The van der Waals surface area contributed by atoms with Crippen molar-refractivity contribution in [3.05, 3.63) is 0 Å². The third-order valence-corrected chi connectivity index (χ3v) is 2.05. The van der Waals surface area contributed by atoms with Crippen LogP contribution in [-0.4, -0.2) is 37.2 Å². The summed E-state index contributed by atoms with van der Waals surface area (Å²) in [6.07, 6.45) is -0.769. The van der Waals surface area contributed by atoms with E-state index in [1.165, 1.54) is 0 Å². The number of amides is 1. The van der Waals surface area contributed by atoms with E-state index in [2.05, 4.69) is 4.84 Å². The fraction of sp³-hybridized carbons (Fsp3) is 0.818. The quantitative estimate of drug-likeness (QED) is 0.572. The molecule has 104 valence electrons. The van der Waals surface area contributed by atoms with E-state index in [0.29, 0.717) is 26.1 Å². The largest absolute Gasteiger partial charge is 0.533 e. The molecule has 0 spiro atoms. The van der Waals surface area contributed by atoms with Gasteiger partial charge in [-0.05, 0) is 20.8 Å². The van der Waals surface area contributed by atoms with Crippen LogP contribution in [0.3, 0.4) is 0 Å². The zero-order chi connectivity index (χ0) is 13.6. The van der Waals surface area contributed by atoms with Crippen LogP contribution < -0.4 is 5.48 Å². The molecule has 1 amide bonds. The van der Waals surface area contributed by atoms with Gasteiger partial charge < -0.3 is 19.0 Å². The van der Waals surface area contributed by atoms with Crippen molar-refractivity contribution in [1.82, 2.24) is 5.48 Å². The lowest BCUT2D eigenvalue weighted by atomic mass is 10.2. The number of hydrogen-bond donors (Lipinski definition) is 1. The zero-order valence-electron chi connectivity index (χ0n) is 10.9. The van der Waals surface area contributed by atoms with E-state index in [4.69, 9.17) is 14.2 Å². The summed E-state index contributed by atoms with van der Waals surface area (Å²) in [6.45, 7) is 6.21. The van der Waals surface area contributed by atoms with E-state index in [1.54, 1.807) is 20.8 Å². The number of hydroxylamine groups is 1. The van der Waals surface area contributed by atoms with Crippen molar-refractivity contribution in [3.63, 3.8) is 0 Å². The minimum absolute atomic E-state index is 0.230. The van der Waals surface area contributed by atoms with Gasteiger partial charge in [-0.3, -0.25) is 0 Å². The highest BCUT2D eigenvalue weighted by Gasteiger charge is 2.21. The van der Waals surface area contributed by atoms with Gasteiger partial charge in [-0.1, -0.05) is 0 Å². The Morgan fingerprint density at radius 2 is 1.83 bits per heavy atom. The highest BCUT2D eigenvalue weighted by atomic mass is 16.8. The van der Waals surface area contributed by atoms with Crippen molar-refractivity contribution in [1.29, 1.82) is 0 Å². The summed E-state index contributed by atoms with van der Waals surface area (Å²) in [5.74, 6) is 0. The smallest absolute Gasteiger partial charge is 0.442 e. The first kappa shape index (κ1) is 14.6. The Kier molecular flexibility index (Phi) is 5.21. The van der Waals surface area contributed by atoms with Gasteiger partial charge in [0.25, 0.3) is 0 Å². The molecule has 7 heteroatoms.